The van der Waals surface area contributed by atoms with Crippen LogP contribution in [-0.2, 0) is 6.42 Å². The van der Waals surface area contributed by atoms with Gasteiger partial charge in [0.25, 0.3) is 0 Å². The van der Waals surface area contributed by atoms with Gasteiger partial charge >= 0.3 is 0 Å². The first-order chi connectivity index (χ1) is 8.16. The molecular weight excluding hydrogens is 216 g/mol. The number of hydrogen-bond donors (Lipinski definition) is 3. The number of hydrogen-bond acceptors (Lipinski definition) is 3. The predicted molar refractivity (Wildman–Crippen MR) is 68.5 cm³/mol. The molecule has 0 spiro atoms. The van der Waals surface area contributed by atoms with Gasteiger partial charge in [-0.25, -0.2) is 0 Å². The molecule has 0 fully saturated rings. The Morgan fingerprint density at radius 3 is 2.18 bits per heavy atom. The van der Waals surface area contributed by atoms with Gasteiger partial charge in [-0.2, -0.15) is 0 Å². The van der Waals surface area contributed by atoms with Crippen LogP contribution in [0.2, 0.25) is 0 Å². The molecule has 0 amide bonds. The average Bonchev–Trinajstić information content (AvgIpc) is 2.33. The molecule has 96 valence electrons. The van der Waals surface area contributed by atoms with E-state index >= 15 is 0 Å². The Kier molecular flexibility index (Phi) is 5.67. The molecule has 0 unspecified atom stereocenters. The number of phenolic OH excluding ortho intramolecular Hbond substituents is 3. The first-order valence-corrected chi connectivity index (χ1v) is 6.39. The molecule has 0 heterocycles. The Labute approximate surface area is 103 Å². The highest BCUT2D eigenvalue weighted by atomic mass is 16.3. The van der Waals surface area contributed by atoms with Gasteiger partial charge in [0.15, 0.2) is 11.5 Å². The highest BCUT2D eigenvalue weighted by molar-refractivity contribution is 5.53. The maximum Gasteiger partial charge on any atom is 0.200 e. The third kappa shape index (κ3) is 4.17. The minimum absolute atomic E-state index is 0.182. The van der Waals surface area contributed by atoms with E-state index in [2.05, 4.69) is 6.92 Å². The molecule has 0 atom stereocenters. The van der Waals surface area contributed by atoms with Crippen LogP contribution in [0.4, 0.5) is 0 Å². The van der Waals surface area contributed by atoms with Gasteiger partial charge in [0.1, 0.15) is 0 Å². The lowest BCUT2D eigenvalue weighted by Crippen LogP contribution is -1.88. The minimum atomic E-state index is -0.409. The summed E-state index contributed by atoms with van der Waals surface area (Å²) in [5.74, 6) is -0.860. The lowest BCUT2D eigenvalue weighted by Gasteiger charge is -2.07. The SMILES string of the molecule is CCCCCCCCc1ccc(O)c(O)c1O. The van der Waals surface area contributed by atoms with E-state index in [9.17, 15) is 15.3 Å². The van der Waals surface area contributed by atoms with Crippen molar-refractivity contribution in [1.82, 2.24) is 0 Å². The van der Waals surface area contributed by atoms with Crippen LogP contribution in [-0.4, -0.2) is 15.3 Å². The molecule has 0 aliphatic carbocycles. The van der Waals surface area contributed by atoms with Crippen LogP contribution in [0.25, 0.3) is 0 Å². The smallest absolute Gasteiger partial charge is 0.200 e. The first kappa shape index (κ1) is 13.7. The maximum absolute atomic E-state index is 9.61. The third-order valence-corrected chi connectivity index (χ3v) is 3.01. The van der Waals surface area contributed by atoms with Crippen molar-refractivity contribution in [2.45, 2.75) is 51.9 Å². The highest BCUT2D eigenvalue weighted by Crippen LogP contribution is 2.37. The van der Waals surface area contributed by atoms with Crippen molar-refractivity contribution < 1.29 is 15.3 Å². The van der Waals surface area contributed by atoms with Gasteiger partial charge in [-0.05, 0) is 24.5 Å². The van der Waals surface area contributed by atoms with Crippen molar-refractivity contribution in [2.75, 3.05) is 0 Å². The van der Waals surface area contributed by atoms with Gasteiger partial charge in [-0.1, -0.05) is 45.1 Å². The predicted octanol–water partition coefficient (Wildman–Crippen LogP) is 3.71. The van der Waals surface area contributed by atoms with Crippen molar-refractivity contribution in [3.8, 4) is 17.2 Å². The van der Waals surface area contributed by atoms with E-state index in [0.717, 1.165) is 19.3 Å². The largest absolute Gasteiger partial charge is 0.504 e. The molecule has 1 aromatic carbocycles. The zero-order valence-corrected chi connectivity index (χ0v) is 10.4. The molecule has 0 radical (unpaired) electrons. The molecule has 0 bridgehead atoms. The topological polar surface area (TPSA) is 60.7 Å². The molecule has 1 rings (SSSR count). The van der Waals surface area contributed by atoms with Crippen molar-refractivity contribution in [2.24, 2.45) is 0 Å². The summed E-state index contributed by atoms with van der Waals surface area (Å²) in [6.45, 7) is 2.19. The second-order valence-corrected chi connectivity index (χ2v) is 4.46. The zero-order valence-electron chi connectivity index (χ0n) is 10.4. The molecule has 0 aliphatic heterocycles. The fourth-order valence-corrected chi connectivity index (χ4v) is 1.91. The molecular formula is C14H22O3. The second kappa shape index (κ2) is 7.05. The van der Waals surface area contributed by atoms with Crippen molar-refractivity contribution in [3.63, 3.8) is 0 Å². The van der Waals surface area contributed by atoms with E-state index < -0.39 is 5.75 Å². The number of aromatic hydroxyl groups is 3. The third-order valence-electron chi connectivity index (χ3n) is 3.01. The highest BCUT2D eigenvalue weighted by Gasteiger charge is 2.10. The van der Waals surface area contributed by atoms with Gasteiger partial charge in [0.2, 0.25) is 5.75 Å². The van der Waals surface area contributed by atoms with E-state index in [0.29, 0.717) is 5.56 Å². The van der Waals surface area contributed by atoms with E-state index in [-0.39, 0.29) is 11.5 Å². The molecule has 0 aliphatic rings. The minimum Gasteiger partial charge on any atom is -0.504 e. The monoisotopic (exact) mass is 238 g/mol. The van der Waals surface area contributed by atoms with E-state index in [4.69, 9.17) is 0 Å². The molecule has 3 nitrogen and oxygen atoms in total. The average molecular weight is 238 g/mol. The lowest BCUT2D eigenvalue weighted by atomic mass is 10.0. The molecule has 0 saturated carbocycles. The summed E-state index contributed by atoms with van der Waals surface area (Å²) >= 11 is 0. The van der Waals surface area contributed by atoms with E-state index in [1.54, 1.807) is 6.07 Å². The Balaban J connectivity index is 2.35. The zero-order chi connectivity index (χ0) is 12.7. The Hall–Kier alpha value is -1.38. The van der Waals surface area contributed by atoms with Crippen molar-refractivity contribution >= 4 is 0 Å². The number of unbranched alkanes of at least 4 members (excludes halogenated alkanes) is 5. The normalized spacial score (nSPS) is 10.6. The first-order valence-electron chi connectivity index (χ1n) is 6.39. The number of phenols is 3. The summed E-state index contributed by atoms with van der Waals surface area (Å²) in [7, 11) is 0. The summed E-state index contributed by atoms with van der Waals surface area (Å²) in [5.41, 5.74) is 0.704. The molecule has 0 saturated heterocycles. The maximum atomic E-state index is 9.61. The summed E-state index contributed by atoms with van der Waals surface area (Å²) in [4.78, 5) is 0. The van der Waals surface area contributed by atoms with Gasteiger partial charge in [-0.15, -0.1) is 0 Å². The molecule has 0 aromatic heterocycles. The lowest BCUT2D eigenvalue weighted by molar-refractivity contribution is 0.364. The number of rotatable bonds is 7. The van der Waals surface area contributed by atoms with Crippen LogP contribution < -0.4 is 0 Å². The molecule has 1 aromatic rings. The summed E-state index contributed by atoms with van der Waals surface area (Å²) in [6, 6.07) is 3.08. The summed E-state index contributed by atoms with van der Waals surface area (Å²) in [5, 5.41) is 28.2. The molecule has 3 N–H and O–H groups in total. The van der Waals surface area contributed by atoms with Crippen molar-refractivity contribution in [1.29, 1.82) is 0 Å². The number of benzene rings is 1. The fourth-order valence-electron chi connectivity index (χ4n) is 1.91. The van der Waals surface area contributed by atoms with Gasteiger partial charge in [0.05, 0.1) is 0 Å². The Bertz CT molecular complexity index is 348. The molecule has 17 heavy (non-hydrogen) atoms. The van der Waals surface area contributed by atoms with Gasteiger partial charge in [0, 0.05) is 0 Å². The van der Waals surface area contributed by atoms with Gasteiger partial charge in [-0.3, -0.25) is 0 Å². The van der Waals surface area contributed by atoms with Crippen LogP contribution in [0.1, 0.15) is 51.0 Å². The van der Waals surface area contributed by atoms with Crippen molar-refractivity contribution in [3.05, 3.63) is 17.7 Å². The van der Waals surface area contributed by atoms with Crippen LogP contribution in [0.5, 0.6) is 17.2 Å². The van der Waals surface area contributed by atoms with E-state index in [1.165, 1.54) is 31.7 Å². The van der Waals surface area contributed by atoms with Crippen LogP contribution >= 0.6 is 0 Å². The van der Waals surface area contributed by atoms with Gasteiger partial charge < -0.3 is 15.3 Å². The molecule has 3 heteroatoms. The van der Waals surface area contributed by atoms with E-state index in [1.807, 2.05) is 0 Å². The fraction of sp³-hybridized carbons (Fsp3) is 0.571. The summed E-state index contributed by atoms with van der Waals surface area (Å²) in [6.07, 6.45) is 7.90. The Morgan fingerprint density at radius 1 is 0.824 bits per heavy atom. The quantitative estimate of drug-likeness (QED) is 0.501. The van der Waals surface area contributed by atoms with Crippen LogP contribution in [0.15, 0.2) is 12.1 Å². The number of aryl methyl sites for hydroxylation is 1. The standard InChI is InChI=1S/C14H22O3/c1-2-3-4-5-6-7-8-11-9-10-12(15)14(17)13(11)16/h9-10,15-17H,2-8H2,1H3. The van der Waals surface area contributed by atoms with Crippen LogP contribution in [0.3, 0.4) is 0 Å². The Morgan fingerprint density at radius 2 is 1.47 bits per heavy atom. The van der Waals surface area contributed by atoms with Crippen LogP contribution in [0, 0.1) is 0 Å². The second-order valence-electron chi connectivity index (χ2n) is 4.46. The summed E-state index contributed by atoms with van der Waals surface area (Å²) < 4.78 is 0.